The van der Waals surface area contributed by atoms with E-state index < -0.39 is 0 Å². The van der Waals surface area contributed by atoms with Crippen LogP contribution in [0.15, 0.2) is 24.3 Å². The largest absolute Gasteiger partial charge is 0.492 e. The van der Waals surface area contributed by atoms with Gasteiger partial charge in [-0.15, -0.1) is 0 Å². The fourth-order valence-electron chi connectivity index (χ4n) is 2.66. The lowest BCUT2D eigenvalue weighted by atomic mass is 9.99. The summed E-state index contributed by atoms with van der Waals surface area (Å²) in [5.41, 5.74) is -0.267. The summed E-state index contributed by atoms with van der Waals surface area (Å²) in [6.07, 6.45) is 4.06. The van der Waals surface area contributed by atoms with E-state index in [4.69, 9.17) is 16.3 Å². The van der Waals surface area contributed by atoms with Crippen LogP contribution in [0.5, 0.6) is 5.75 Å². The molecule has 1 aliphatic rings. The Morgan fingerprint density at radius 3 is 2.59 bits per heavy atom. The van der Waals surface area contributed by atoms with Crippen molar-refractivity contribution in [2.45, 2.75) is 31.2 Å². The number of amides is 1. The number of hydrogen-bond acceptors (Lipinski definition) is 4. The molecule has 0 aliphatic heterocycles. The molecule has 1 amide bonds. The molecule has 0 saturated heterocycles. The second-order valence-corrected chi connectivity index (χ2v) is 6.09. The van der Waals surface area contributed by atoms with Crippen molar-refractivity contribution in [3.05, 3.63) is 29.3 Å². The molecule has 1 fully saturated rings. The first kappa shape index (κ1) is 17.1. The number of carbonyl (C=O) groups is 1. The van der Waals surface area contributed by atoms with Gasteiger partial charge in [0.1, 0.15) is 12.4 Å². The number of aliphatic hydroxyl groups excluding tert-OH is 1. The fraction of sp³-hybridized carbons (Fsp3) is 0.562. The highest BCUT2D eigenvalue weighted by atomic mass is 35.5. The first-order valence-electron chi connectivity index (χ1n) is 7.64. The lowest BCUT2D eigenvalue weighted by Gasteiger charge is -2.27. The van der Waals surface area contributed by atoms with E-state index in [1.165, 1.54) is 0 Å². The molecule has 1 aliphatic carbocycles. The molecule has 1 aromatic rings. The molecule has 22 heavy (non-hydrogen) atoms. The third-order valence-electron chi connectivity index (χ3n) is 3.99. The highest BCUT2D eigenvalue weighted by molar-refractivity contribution is 6.30. The molecule has 0 unspecified atom stereocenters. The minimum atomic E-state index is -0.267. The van der Waals surface area contributed by atoms with Gasteiger partial charge in [-0.1, -0.05) is 24.4 Å². The molecule has 122 valence electrons. The van der Waals surface area contributed by atoms with E-state index in [-0.39, 0.29) is 24.6 Å². The average molecular weight is 327 g/mol. The zero-order chi connectivity index (χ0) is 15.8. The molecular weight excluding hydrogens is 304 g/mol. The molecule has 0 spiro atoms. The van der Waals surface area contributed by atoms with Crippen LogP contribution >= 0.6 is 11.6 Å². The van der Waals surface area contributed by atoms with Crippen molar-refractivity contribution in [2.75, 3.05) is 26.3 Å². The number of rotatable bonds is 8. The molecule has 0 atom stereocenters. The minimum absolute atomic E-state index is 0.0833. The Morgan fingerprint density at radius 2 is 1.95 bits per heavy atom. The summed E-state index contributed by atoms with van der Waals surface area (Å²) < 4.78 is 5.50. The Kier molecular flexibility index (Phi) is 6.49. The molecule has 3 N–H and O–H groups in total. The lowest BCUT2D eigenvalue weighted by Crippen LogP contribution is -2.50. The quantitative estimate of drug-likeness (QED) is 0.636. The van der Waals surface area contributed by atoms with Crippen molar-refractivity contribution in [3.63, 3.8) is 0 Å². The van der Waals surface area contributed by atoms with Gasteiger partial charge in [0.15, 0.2) is 0 Å². The molecule has 1 saturated carbocycles. The van der Waals surface area contributed by atoms with Crippen molar-refractivity contribution in [3.8, 4) is 5.75 Å². The topological polar surface area (TPSA) is 70.6 Å². The number of nitrogens with one attached hydrogen (secondary N) is 2. The minimum Gasteiger partial charge on any atom is -0.492 e. The number of carbonyl (C=O) groups excluding carboxylic acids is 1. The molecule has 2 rings (SSSR count). The molecule has 0 radical (unpaired) electrons. The van der Waals surface area contributed by atoms with Gasteiger partial charge in [0, 0.05) is 10.6 Å². The monoisotopic (exact) mass is 326 g/mol. The number of aliphatic hydroxyl groups is 1. The Labute approximate surface area is 136 Å². The molecule has 5 nitrogen and oxygen atoms in total. The second-order valence-electron chi connectivity index (χ2n) is 5.65. The third kappa shape index (κ3) is 5.16. The van der Waals surface area contributed by atoms with E-state index in [0.29, 0.717) is 18.2 Å². The van der Waals surface area contributed by atoms with E-state index in [9.17, 15) is 9.90 Å². The zero-order valence-electron chi connectivity index (χ0n) is 12.6. The maximum atomic E-state index is 11.8. The van der Waals surface area contributed by atoms with Gasteiger partial charge < -0.3 is 20.5 Å². The summed E-state index contributed by atoms with van der Waals surface area (Å²) in [4.78, 5) is 11.8. The number of hydrogen-bond donors (Lipinski definition) is 3. The van der Waals surface area contributed by atoms with Crippen molar-refractivity contribution < 1.29 is 14.6 Å². The maximum absolute atomic E-state index is 11.8. The molecule has 0 bridgehead atoms. The molecule has 0 heterocycles. The van der Waals surface area contributed by atoms with E-state index in [1.807, 2.05) is 0 Å². The van der Waals surface area contributed by atoms with Crippen LogP contribution in [-0.4, -0.2) is 42.9 Å². The predicted octanol–water partition coefficient (Wildman–Crippen LogP) is 1.73. The van der Waals surface area contributed by atoms with Crippen LogP contribution in [0.3, 0.4) is 0 Å². The first-order valence-corrected chi connectivity index (χ1v) is 8.02. The van der Waals surface area contributed by atoms with Gasteiger partial charge in [-0.3, -0.25) is 4.79 Å². The summed E-state index contributed by atoms with van der Waals surface area (Å²) in [7, 11) is 0. The number of halogens is 1. The van der Waals surface area contributed by atoms with Gasteiger partial charge in [0.25, 0.3) is 0 Å². The van der Waals surface area contributed by atoms with E-state index in [2.05, 4.69) is 10.6 Å². The SMILES string of the molecule is O=C(CNC1(CO)CCCC1)NCCOc1ccc(Cl)cc1. The van der Waals surface area contributed by atoms with Crippen LogP contribution in [-0.2, 0) is 4.79 Å². The van der Waals surface area contributed by atoms with Gasteiger partial charge in [0.05, 0.1) is 19.7 Å². The van der Waals surface area contributed by atoms with Crippen molar-refractivity contribution in [2.24, 2.45) is 0 Å². The summed E-state index contributed by atoms with van der Waals surface area (Å²) >= 11 is 5.79. The zero-order valence-corrected chi connectivity index (χ0v) is 13.4. The molecule has 0 aromatic heterocycles. The van der Waals surface area contributed by atoms with Crippen LogP contribution in [0.4, 0.5) is 0 Å². The van der Waals surface area contributed by atoms with Crippen LogP contribution in [0.1, 0.15) is 25.7 Å². The Bertz CT molecular complexity index is 473. The Hall–Kier alpha value is -1.30. The molecule has 1 aromatic carbocycles. The predicted molar refractivity (Wildman–Crippen MR) is 86.2 cm³/mol. The van der Waals surface area contributed by atoms with Crippen molar-refractivity contribution in [1.82, 2.24) is 10.6 Å². The van der Waals surface area contributed by atoms with Crippen LogP contribution < -0.4 is 15.4 Å². The first-order chi connectivity index (χ1) is 10.6. The highest BCUT2D eigenvalue weighted by Gasteiger charge is 2.32. The van der Waals surface area contributed by atoms with E-state index in [1.54, 1.807) is 24.3 Å². The lowest BCUT2D eigenvalue weighted by molar-refractivity contribution is -0.120. The van der Waals surface area contributed by atoms with Gasteiger partial charge >= 0.3 is 0 Å². The van der Waals surface area contributed by atoms with Crippen molar-refractivity contribution >= 4 is 17.5 Å². The normalized spacial score (nSPS) is 16.5. The Morgan fingerprint density at radius 1 is 1.27 bits per heavy atom. The van der Waals surface area contributed by atoms with Gasteiger partial charge in [-0.05, 0) is 37.1 Å². The maximum Gasteiger partial charge on any atom is 0.234 e. The van der Waals surface area contributed by atoms with Gasteiger partial charge in [-0.2, -0.15) is 0 Å². The van der Waals surface area contributed by atoms with E-state index in [0.717, 1.165) is 31.4 Å². The molecule has 6 heteroatoms. The van der Waals surface area contributed by atoms with Crippen LogP contribution in [0, 0.1) is 0 Å². The fourth-order valence-corrected chi connectivity index (χ4v) is 2.79. The average Bonchev–Trinajstić information content (AvgIpc) is 3.01. The smallest absolute Gasteiger partial charge is 0.234 e. The summed E-state index contributed by atoms with van der Waals surface area (Å²) in [6, 6.07) is 7.10. The summed E-state index contributed by atoms with van der Waals surface area (Å²) in [6.45, 7) is 1.15. The van der Waals surface area contributed by atoms with Crippen LogP contribution in [0.25, 0.3) is 0 Å². The Balaban J connectivity index is 1.60. The van der Waals surface area contributed by atoms with Gasteiger partial charge in [0.2, 0.25) is 5.91 Å². The van der Waals surface area contributed by atoms with Crippen molar-refractivity contribution in [1.29, 1.82) is 0 Å². The molecular formula is C16H23ClN2O3. The number of ether oxygens (including phenoxy) is 1. The summed E-state index contributed by atoms with van der Waals surface area (Å²) in [5.74, 6) is 0.640. The number of benzene rings is 1. The third-order valence-corrected chi connectivity index (χ3v) is 4.25. The second kappa shape index (κ2) is 8.36. The van der Waals surface area contributed by atoms with E-state index >= 15 is 0 Å². The standard InChI is InChI=1S/C16H23ClN2O3/c17-13-3-5-14(6-4-13)22-10-9-18-15(21)11-19-16(12-20)7-1-2-8-16/h3-6,19-20H,1-2,7-12H2,(H,18,21). The van der Waals surface area contributed by atoms with Gasteiger partial charge in [-0.25, -0.2) is 0 Å². The highest BCUT2D eigenvalue weighted by Crippen LogP contribution is 2.28. The summed E-state index contributed by atoms with van der Waals surface area (Å²) in [5, 5.41) is 16.1. The van der Waals surface area contributed by atoms with Crippen LogP contribution in [0.2, 0.25) is 5.02 Å².